The monoisotopic (exact) mass is 387 g/mol. The van der Waals surface area contributed by atoms with Crippen LogP contribution in [-0.4, -0.2) is 39.0 Å². The number of rotatable bonds is 3. The van der Waals surface area contributed by atoms with Gasteiger partial charge in [0, 0.05) is 29.8 Å². The van der Waals surface area contributed by atoms with Gasteiger partial charge in [0.1, 0.15) is 12.1 Å². The number of benzene rings is 2. The molecule has 3 aromatic rings. The van der Waals surface area contributed by atoms with Gasteiger partial charge >= 0.3 is 0 Å². The number of phenols is 1. The van der Waals surface area contributed by atoms with Crippen LogP contribution in [0, 0.1) is 12.8 Å². The van der Waals surface area contributed by atoms with Crippen molar-refractivity contribution in [1.82, 2.24) is 14.9 Å². The molecule has 1 fully saturated rings. The third kappa shape index (κ3) is 4.14. The molecule has 2 aromatic carbocycles. The molecule has 0 saturated carbocycles. The molecular weight excluding hydrogens is 362 g/mol. The minimum Gasteiger partial charge on any atom is -0.508 e. The van der Waals surface area contributed by atoms with Crippen molar-refractivity contribution < 1.29 is 9.90 Å². The summed E-state index contributed by atoms with van der Waals surface area (Å²) in [5, 5.41) is 9.76. The summed E-state index contributed by atoms with van der Waals surface area (Å²) in [4.78, 5) is 23.7. The van der Waals surface area contributed by atoms with Gasteiger partial charge in [-0.25, -0.2) is 9.97 Å². The van der Waals surface area contributed by atoms with E-state index in [1.54, 1.807) is 6.07 Å². The lowest BCUT2D eigenvalue weighted by Crippen LogP contribution is -2.37. The highest BCUT2D eigenvalue weighted by molar-refractivity contribution is 5.95. The summed E-state index contributed by atoms with van der Waals surface area (Å²) >= 11 is 0. The molecule has 148 valence electrons. The van der Waals surface area contributed by atoms with Gasteiger partial charge < -0.3 is 10.0 Å². The van der Waals surface area contributed by atoms with Gasteiger partial charge in [0.15, 0.2) is 0 Å². The first kappa shape index (κ1) is 19.1. The SMILES string of the molecule is Cc1cc(-c2cc(-c3cccc(C(=O)N4CCC(C)CC4)c3)ncn2)ccc1O. The number of nitrogens with zero attached hydrogens (tertiary/aromatic N) is 3. The fourth-order valence-corrected chi connectivity index (χ4v) is 3.69. The van der Waals surface area contributed by atoms with Crippen LogP contribution in [0.25, 0.3) is 22.5 Å². The molecule has 1 N–H and O–H groups in total. The molecule has 4 rings (SSSR count). The lowest BCUT2D eigenvalue weighted by molar-refractivity contribution is 0.0697. The summed E-state index contributed by atoms with van der Waals surface area (Å²) in [5.41, 5.74) is 4.84. The molecule has 2 heterocycles. The molecule has 5 heteroatoms. The Hall–Kier alpha value is -3.21. The first-order valence-corrected chi connectivity index (χ1v) is 10.0. The van der Waals surface area contributed by atoms with Crippen molar-refractivity contribution in [2.45, 2.75) is 26.7 Å². The van der Waals surface area contributed by atoms with Gasteiger partial charge in [0.2, 0.25) is 0 Å². The highest BCUT2D eigenvalue weighted by atomic mass is 16.3. The highest BCUT2D eigenvalue weighted by Crippen LogP contribution is 2.27. The minimum absolute atomic E-state index is 0.0854. The Balaban J connectivity index is 1.61. The van der Waals surface area contributed by atoms with Crippen LogP contribution < -0.4 is 0 Å². The van der Waals surface area contributed by atoms with Crippen molar-refractivity contribution in [3.8, 4) is 28.3 Å². The van der Waals surface area contributed by atoms with Crippen LogP contribution in [-0.2, 0) is 0 Å². The van der Waals surface area contributed by atoms with Crippen LogP contribution in [0.5, 0.6) is 5.75 Å². The molecule has 0 radical (unpaired) electrons. The van der Waals surface area contributed by atoms with E-state index in [0.717, 1.165) is 54.0 Å². The van der Waals surface area contributed by atoms with Crippen molar-refractivity contribution in [1.29, 1.82) is 0 Å². The van der Waals surface area contributed by atoms with Gasteiger partial charge in [-0.05, 0) is 67.6 Å². The zero-order chi connectivity index (χ0) is 20.4. The first-order chi connectivity index (χ1) is 14.0. The molecule has 1 aliphatic rings. The number of aryl methyl sites for hydroxylation is 1. The number of hydrogen-bond donors (Lipinski definition) is 1. The maximum atomic E-state index is 12.9. The number of carbonyl (C=O) groups is 1. The average Bonchev–Trinajstić information content (AvgIpc) is 2.76. The quantitative estimate of drug-likeness (QED) is 0.708. The Labute approximate surface area is 171 Å². The maximum absolute atomic E-state index is 12.9. The number of carbonyl (C=O) groups excluding carboxylic acids is 1. The van der Waals surface area contributed by atoms with Crippen LogP contribution in [0.2, 0.25) is 0 Å². The molecule has 1 aromatic heterocycles. The van der Waals surface area contributed by atoms with Gasteiger partial charge in [0.25, 0.3) is 5.91 Å². The van der Waals surface area contributed by atoms with E-state index in [4.69, 9.17) is 0 Å². The summed E-state index contributed by atoms with van der Waals surface area (Å²) < 4.78 is 0. The van der Waals surface area contributed by atoms with Crippen molar-refractivity contribution in [2.24, 2.45) is 5.92 Å². The second-order valence-corrected chi connectivity index (χ2v) is 7.85. The molecule has 29 heavy (non-hydrogen) atoms. The minimum atomic E-state index is 0.0854. The van der Waals surface area contributed by atoms with Gasteiger partial charge in [0.05, 0.1) is 11.4 Å². The van der Waals surface area contributed by atoms with E-state index in [1.807, 2.05) is 54.3 Å². The molecule has 0 aliphatic carbocycles. The Bertz CT molecular complexity index is 1040. The lowest BCUT2D eigenvalue weighted by atomic mass is 9.98. The van der Waals surface area contributed by atoms with Crippen LogP contribution >= 0.6 is 0 Å². The van der Waals surface area contributed by atoms with E-state index in [1.165, 1.54) is 6.33 Å². The Morgan fingerprint density at radius 1 is 1.00 bits per heavy atom. The van der Waals surface area contributed by atoms with Crippen LogP contribution in [0.3, 0.4) is 0 Å². The summed E-state index contributed by atoms with van der Waals surface area (Å²) in [6, 6.07) is 15.0. The smallest absolute Gasteiger partial charge is 0.253 e. The molecule has 5 nitrogen and oxygen atoms in total. The summed E-state index contributed by atoms with van der Waals surface area (Å²) in [6.07, 6.45) is 3.66. The predicted octanol–water partition coefficient (Wildman–Crippen LogP) is 4.70. The molecule has 1 amide bonds. The van der Waals surface area contributed by atoms with Crippen molar-refractivity contribution in [3.05, 3.63) is 66.0 Å². The van der Waals surface area contributed by atoms with E-state index in [2.05, 4.69) is 16.9 Å². The van der Waals surface area contributed by atoms with Crippen LogP contribution in [0.1, 0.15) is 35.7 Å². The molecule has 0 spiro atoms. The number of aromatic nitrogens is 2. The van der Waals surface area contributed by atoms with Crippen LogP contribution in [0.15, 0.2) is 54.9 Å². The number of amides is 1. The normalized spacial score (nSPS) is 14.8. The fraction of sp³-hybridized carbons (Fsp3) is 0.292. The number of piperidine rings is 1. The van der Waals surface area contributed by atoms with Gasteiger partial charge in [-0.2, -0.15) is 0 Å². The van der Waals surface area contributed by atoms with E-state index in [0.29, 0.717) is 11.5 Å². The van der Waals surface area contributed by atoms with E-state index >= 15 is 0 Å². The van der Waals surface area contributed by atoms with Crippen molar-refractivity contribution >= 4 is 5.91 Å². The Morgan fingerprint density at radius 2 is 1.69 bits per heavy atom. The van der Waals surface area contributed by atoms with E-state index < -0.39 is 0 Å². The third-order valence-electron chi connectivity index (χ3n) is 5.64. The van der Waals surface area contributed by atoms with Gasteiger partial charge in [-0.15, -0.1) is 0 Å². The highest BCUT2D eigenvalue weighted by Gasteiger charge is 2.21. The molecule has 0 atom stereocenters. The lowest BCUT2D eigenvalue weighted by Gasteiger charge is -2.30. The van der Waals surface area contributed by atoms with Gasteiger partial charge in [-0.3, -0.25) is 4.79 Å². The first-order valence-electron chi connectivity index (χ1n) is 10.0. The molecule has 1 aliphatic heterocycles. The molecule has 1 saturated heterocycles. The zero-order valence-corrected chi connectivity index (χ0v) is 16.8. The van der Waals surface area contributed by atoms with Crippen LogP contribution in [0.4, 0.5) is 0 Å². The largest absolute Gasteiger partial charge is 0.508 e. The number of aromatic hydroxyl groups is 1. The fourth-order valence-electron chi connectivity index (χ4n) is 3.69. The second-order valence-electron chi connectivity index (χ2n) is 7.85. The Kier molecular flexibility index (Phi) is 5.30. The topological polar surface area (TPSA) is 66.3 Å². The summed E-state index contributed by atoms with van der Waals surface area (Å²) in [5.74, 6) is 1.04. The number of likely N-dealkylation sites (tertiary alicyclic amines) is 1. The Morgan fingerprint density at radius 3 is 2.38 bits per heavy atom. The predicted molar refractivity (Wildman–Crippen MR) is 114 cm³/mol. The number of phenolic OH excluding ortho intramolecular Hbond substituents is 1. The standard InChI is InChI=1S/C24H25N3O2/c1-16-8-10-27(11-9-16)24(29)20-5-3-4-18(13-20)21-14-22(26-15-25-21)19-6-7-23(28)17(2)12-19/h3-7,12-16,28H,8-11H2,1-2H3. The second kappa shape index (κ2) is 8.03. The molecular formula is C24H25N3O2. The molecule has 0 unspecified atom stereocenters. The zero-order valence-electron chi connectivity index (χ0n) is 16.8. The third-order valence-corrected chi connectivity index (χ3v) is 5.64. The maximum Gasteiger partial charge on any atom is 0.253 e. The van der Waals surface area contributed by atoms with E-state index in [-0.39, 0.29) is 11.7 Å². The average molecular weight is 387 g/mol. The van der Waals surface area contributed by atoms with E-state index in [9.17, 15) is 9.90 Å². The molecule has 0 bridgehead atoms. The van der Waals surface area contributed by atoms with Crippen molar-refractivity contribution in [3.63, 3.8) is 0 Å². The van der Waals surface area contributed by atoms with Crippen molar-refractivity contribution in [2.75, 3.05) is 13.1 Å². The summed E-state index contributed by atoms with van der Waals surface area (Å²) in [6.45, 7) is 5.74. The summed E-state index contributed by atoms with van der Waals surface area (Å²) in [7, 11) is 0. The van der Waals surface area contributed by atoms with Gasteiger partial charge in [-0.1, -0.05) is 19.1 Å². The number of hydrogen-bond acceptors (Lipinski definition) is 4.